The largest absolute Gasteiger partial charge is 0.498 e. The first kappa shape index (κ1) is 16.4. The number of carboxylic acid groups (broad SMARTS) is 1. The quantitative estimate of drug-likeness (QED) is 0.863. The van der Waals surface area contributed by atoms with Crippen molar-refractivity contribution in [2.75, 3.05) is 30.3 Å². The van der Waals surface area contributed by atoms with Gasteiger partial charge in [0.2, 0.25) is 0 Å². The van der Waals surface area contributed by atoms with Crippen LogP contribution in [0.3, 0.4) is 0 Å². The summed E-state index contributed by atoms with van der Waals surface area (Å²) in [4.78, 5) is 17.6. The second kappa shape index (κ2) is 7.38. The number of nitrogens with two attached hydrogens (primary N) is 1. The number of carbonyl (C=O) groups is 1. The Morgan fingerprint density at radius 1 is 1.38 bits per heavy atom. The van der Waals surface area contributed by atoms with Gasteiger partial charge in [0.15, 0.2) is 0 Å². The Morgan fingerprint density at radius 3 is 2.83 bits per heavy atom. The summed E-state index contributed by atoms with van der Waals surface area (Å²) in [7, 11) is 0. The van der Waals surface area contributed by atoms with Gasteiger partial charge in [0.05, 0.1) is 29.8 Å². The predicted octanol–water partition coefficient (Wildman–Crippen LogP) is 2.59. The highest BCUT2D eigenvalue weighted by atomic mass is 16.5. The molecule has 2 heterocycles. The van der Waals surface area contributed by atoms with Crippen LogP contribution in [0.15, 0.2) is 41.8 Å². The Balaban J connectivity index is 1.47. The third kappa shape index (κ3) is 4.07. The molecule has 0 amide bonds. The van der Waals surface area contributed by atoms with E-state index in [0.29, 0.717) is 23.8 Å². The van der Waals surface area contributed by atoms with Gasteiger partial charge in [-0.25, -0.2) is 9.78 Å². The molecule has 2 aliphatic rings. The molecule has 0 unspecified atom stereocenters. The molecule has 1 aliphatic heterocycles. The highest BCUT2D eigenvalue weighted by Gasteiger charge is 2.21. The molecule has 0 radical (unpaired) electrons. The molecule has 1 aromatic rings. The highest BCUT2D eigenvalue weighted by molar-refractivity contribution is 5.90. The Bertz CT molecular complexity index is 644. The Hall–Kier alpha value is -2.50. The Kier molecular flexibility index (Phi) is 5.03. The fourth-order valence-corrected chi connectivity index (χ4v) is 3.08. The highest BCUT2D eigenvalue weighted by Crippen LogP contribution is 2.25. The second-order valence-corrected chi connectivity index (χ2v) is 6.31. The smallest absolute Gasteiger partial charge is 0.335 e. The maximum Gasteiger partial charge on any atom is 0.335 e. The first-order valence-corrected chi connectivity index (χ1v) is 8.35. The summed E-state index contributed by atoms with van der Waals surface area (Å²) in [6.07, 6.45) is 8.68. The monoisotopic (exact) mass is 329 g/mol. The predicted molar refractivity (Wildman–Crippen MR) is 92.6 cm³/mol. The lowest BCUT2D eigenvalue weighted by molar-refractivity contribution is -0.132. The van der Waals surface area contributed by atoms with Crippen molar-refractivity contribution < 1.29 is 14.6 Å². The number of hydrogen-bond acceptors (Lipinski definition) is 5. The van der Waals surface area contributed by atoms with Crippen molar-refractivity contribution in [1.82, 2.24) is 4.98 Å². The number of carboxylic acids is 1. The topological polar surface area (TPSA) is 88.7 Å². The van der Waals surface area contributed by atoms with E-state index in [-0.39, 0.29) is 0 Å². The van der Waals surface area contributed by atoms with E-state index >= 15 is 0 Å². The van der Waals surface area contributed by atoms with E-state index in [1.54, 1.807) is 18.3 Å². The van der Waals surface area contributed by atoms with Crippen LogP contribution in [-0.2, 0) is 9.53 Å². The van der Waals surface area contributed by atoms with Gasteiger partial charge < -0.3 is 20.5 Å². The molecular weight excluding hydrogens is 306 g/mol. The molecule has 6 heteroatoms. The summed E-state index contributed by atoms with van der Waals surface area (Å²) < 4.78 is 5.87. The van der Waals surface area contributed by atoms with Crippen molar-refractivity contribution in [1.29, 1.82) is 0 Å². The van der Waals surface area contributed by atoms with E-state index in [9.17, 15) is 4.79 Å². The summed E-state index contributed by atoms with van der Waals surface area (Å²) in [5.41, 5.74) is 6.69. The summed E-state index contributed by atoms with van der Waals surface area (Å²) in [5.74, 6) is 1.36. The SMILES string of the molecule is Nc1ccc(N2CCC(COC3=CC(C(=O)O)=CCC3)CC2)nc1. The first-order chi connectivity index (χ1) is 11.6. The number of aliphatic carboxylic acids is 1. The van der Waals surface area contributed by atoms with Crippen LogP contribution in [0.25, 0.3) is 0 Å². The van der Waals surface area contributed by atoms with Crippen LogP contribution < -0.4 is 10.6 Å². The summed E-state index contributed by atoms with van der Waals surface area (Å²) in [5, 5.41) is 9.04. The van der Waals surface area contributed by atoms with Gasteiger partial charge in [-0.05, 0) is 43.4 Å². The molecule has 24 heavy (non-hydrogen) atoms. The van der Waals surface area contributed by atoms with E-state index in [2.05, 4.69) is 9.88 Å². The third-order valence-electron chi connectivity index (χ3n) is 4.53. The standard InChI is InChI=1S/C18H23N3O3/c19-15-4-5-17(20-11-15)21-8-6-13(7-9-21)12-24-16-3-1-2-14(10-16)18(22)23/h2,4-5,10-11,13H,1,3,6-9,12,19H2,(H,22,23). The average molecular weight is 329 g/mol. The normalized spacial score (nSPS) is 18.8. The van der Waals surface area contributed by atoms with Gasteiger partial charge in [0.25, 0.3) is 0 Å². The molecule has 3 rings (SSSR count). The third-order valence-corrected chi connectivity index (χ3v) is 4.53. The summed E-state index contributed by atoms with van der Waals surface area (Å²) in [6, 6.07) is 3.83. The molecule has 1 saturated heterocycles. The molecule has 0 saturated carbocycles. The number of nitrogen functional groups attached to an aromatic ring is 1. The molecule has 128 valence electrons. The number of rotatable bonds is 5. The van der Waals surface area contributed by atoms with Crippen molar-refractivity contribution in [3.05, 3.63) is 41.8 Å². The molecule has 0 bridgehead atoms. The van der Waals surface area contributed by atoms with Crippen LogP contribution >= 0.6 is 0 Å². The number of hydrogen-bond donors (Lipinski definition) is 2. The number of anilines is 2. The summed E-state index contributed by atoms with van der Waals surface area (Å²) in [6.45, 7) is 2.55. The van der Waals surface area contributed by atoms with Gasteiger partial charge in [-0.15, -0.1) is 0 Å². The van der Waals surface area contributed by atoms with E-state index in [1.807, 2.05) is 12.1 Å². The number of allylic oxidation sites excluding steroid dienone is 2. The minimum atomic E-state index is -0.889. The number of pyridine rings is 1. The number of ether oxygens (including phenoxy) is 1. The molecular formula is C18H23N3O3. The second-order valence-electron chi connectivity index (χ2n) is 6.31. The van der Waals surface area contributed by atoms with Crippen molar-refractivity contribution in [3.8, 4) is 0 Å². The Morgan fingerprint density at radius 2 is 2.17 bits per heavy atom. The lowest BCUT2D eigenvalue weighted by atomic mass is 9.97. The van der Waals surface area contributed by atoms with Crippen LogP contribution in [0.2, 0.25) is 0 Å². The van der Waals surface area contributed by atoms with Crippen LogP contribution in [-0.4, -0.2) is 35.8 Å². The lowest BCUT2D eigenvalue weighted by Gasteiger charge is -2.33. The number of nitrogens with zero attached hydrogens (tertiary/aromatic N) is 2. The van der Waals surface area contributed by atoms with Gasteiger partial charge in [-0.1, -0.05) is 6.08 Å². The fourth-order valence-electron chi connectivity index (χ4n) is 3.08. The van der Waals surface area contributed by atoms with Gasteiger partial charge in [-0.3, -0.25) is 0 Å². The van der Waals surface area contributed by atoms with Crippen molar-refractivity contribution >= 4 is 17.5 Å². The molecule has 0 spiro atoms. The van der Waals surface area contributed by atoms with Crippen LogP contribution in [0.5, 0.6) is 0 Å². The zero-order chi connectivity index (χ0) is 16.9. The minimum absolute atomic E-state index is 0.334. The van der Waals surface area contributed by atoms with E-state index in [4.69, 9.17) is 15.6 Å². The maximum atomic E-state index is 11.0. The zero-order valence-electron chi connectivity index (χ0n) is 13.6. The van der Waals surface area contributed by atoms with Crippen LogP contribution in [0, 0.1) is 5.92 Å². The van der Waals surface area contributed by atoms with Crippen molar-refractivity contribution in [2.45, 2.75) is 25.7 Å². The molecule has 1 aromatic heterocycles. The van der Waals surface area contributed by atoms with Gasteiger partial charge in [0.1, 0.15) is 5.82 Å². The zero-order valence-corrected chi connectivity index (χ0v) is 13.6. The van der Waals surface area contributed by atoms with E-state index in [1.165, 1.54) is 0 Å². The fraction of sp³-hybridized carbons (Fsp3) is 0.444. The van der Waals surface area contributed by atoms with Gasteiger partial charge in [0, 0.05) is 19.5 Å². The Labute approximate surface area is 141 Å². The number of aromatic nitrogens is 1. The molecule has 0 atom stereocenters. The average Bonchev–Trinajstić information content (AvgIpc) is 2.61. The first-order valence-electron chi connectivity index (χ1n) is 8.35. The number of piperidine rings is 1. The molecule has 0 aromatic carbocycles. The van der Waals surface area contributed by atoms with E-state index < -0.39 is 5.97 Å². The van der Waals surface area contributed by atoms with Gasteiger partial charge >= 0.3 is 5.97 Å². The minimum Gasteiger partial charge on any atom is -0.498 e. The molecule has 3 N–H and O–H groups in total. The molecule has 1 fully saturated rings. The van der Waals surface area contributed by atoms with Crippen molar-refractivity contribution in [3.63, 3.8) is 0 Å². The molecule has 1 aliphatic carbocycles. The van der Waals surface area contributed by atoms with E-state index in [0.717, 1.165) is 50.3 Å². The summed E-state index contributed by atoms with van der Waals surface area (Å²) >= 11 is 0. The maximum absolute atomic E-state index is 11.0. The van der Waals surface area contributed by atoms with Crippen LogP contribution in [0.4, 0.5) is 11.5 Å². The van der Waals surface area contributed by atoms with Gasteiger partial charge in [-0.2, -0.15) is 0 Å². The lowest BCUT2D eigenvalue weighted by Crippen LogP contribution is -2.35. The van der Waals surface area contributed by atoms with Crippen molar-refractivity contribution in [2.24, 2.45) is 5.92 Å². The molecule has 6 nitrogen and oxygen atoms in total. The van der Waals surface area contributed by atoms with Crippen LogP contribution in [0.1, 0.15) is 25.7 Å².